The Morgan fingerprint density at radius 3 is 2.39 bits per heavy atom. The van der Waals surface area contributed by atoms with Crippen molar-refractivity contribution in [2.24, 2.45) is 0 Å². The molecule has 1 aromatic carbocycles. The van der Waals surface area contributed by atoms with Crippen LogP contribution in [0.4, 0.5) is 0 Å². The first-order chi connectivity index (χ1) is 8.33. The third-order valence-electron chi connectivity index (χ3n) is 3.15. The van der Waals surface area contributed by atoms with E-state index in [4.69, 9.17) is 4.78 Å². The first-order valence-corrected chi connectivity index (χ1v) is 8.04. The summed E-state index contributed by atoms with van der Waals surface area (Å²) >= 11 is 0. The lowest BCUT2D eigenvalue weighted by Gasteiger charge is -2.11. The second-order valence-corrected chi connectivity index (χ2v) is 7.37. The molecule has 3 nitrogen and oxygen atoms in total. The predicted molar refractivity (Wildman–Crippen MR) is 77.7 cm³/mol. The van der Waals surface area contributed by atoms with Crippen molar-refractivity contribution in [1.29, 1.82) is 4.78 Å². The van der Waals surface area contributed by atoms with E-state index in [1.165, 1.54) is 5.56 Å². The number of hydrogen-bond acceptors (Lipinski definition) is 3. The topological polar surface area (TPSA) is 44.2 Å². The van der Waals surface area contributed by atoms with E-state index in [0.717, 1.165) is 24.9 Å². The number of hydrogen-bond donors (Lipinski definition) is 1. The molecule has 0 aromatic heterocycles. The highest BCUT2D eigenvalue weighted by Crippen LogP contribution is 2.17. The van der Waals surface area contributed by atoms with Gasteiger partial charge in [-0.3, -0.25) is 0 Å². The Kier molecular flexibility index (Phi) is 5.35. The van der Waals surface area contributed by atoms with Gasteiger partial charge in [0.1, 0.15) is 0 Å². The summed E-state index contributed by atoms with van der Waals surface area (Å²) in [6, 6.07) is 5.69. The molecule has 1 N–H and O–H groups in total. The summed E-state index contributed by atoms with van der Waals surface area (Å²) in [6.07, 6.45) is 1.83. The smallest absolute Gasteiger partial charge is 0.0726 e. The van der Waals surface area contributed by atoms with Crippen LogP contribution in [0.2, 0.25) is 0 Å². The summed E-state index contributed by atoms with van der Waals surface area (Å²) in [5.41, 5.74) is 2.29. The lowest BCUT2D eigenvalue weighted by atomic mass is 10.1. The Morgan fingerprint density at radius 2 is 1.83 bits per heavy atom. The van der Waals surface area contributed by atoms with Crippen LogP contribution in [0.25, 0.3) is 0 Å². The van der Waals surface area contributed by atoms with Gasteiger partial charge < -0.3 is 4.90 Å². The molecule has 1 unspecified atom stereocenters. The summed E-state index contributed by atoms with van der Waals surface area (Å²) in [4.78, 5) is 2.79. The van der Waals surface area contributed by atoms with Crippen LogP contribution in [-0.2, 0) is 9.73 Å². The molecule has 1 rings (SSSR count). The minimum atomic E-state index is -2.62. The second kappa shape index (κ2) is 6.34. The largest absolute Gasteiger partial charge is 0.309 e. The molecule has 18 heavy (non-hydrogen) atoms. The van der Waals surface area contributed by atoms with Gasteiger partial charge in [-0.05, 0) is 70.6 Å². The molecule has 0 saturated carbocycles. The number of nitrogens with zero attached hydrogens (tertiary/aromatic N) is 1. The molecule has 0 bridgehead atoms. The number of unbranched alkanes of at least 4 members (excludes halogenated alkanes) is 1. The summed E-state index contributed by atoms with van der Waals surface area (Å²) in [5.74, 6) is 0.462. The van der Waals surface area contributed by atoms with Gasteiger partial charge in [-0.1, -0.05) is 6.07 Å². The van der Waals surface area contributed by atoms with Crippen LogP contribution in [0.15, 0.2) is 23.1 Å². The first kappa shape index (κ1) is 15.2. The molecule has 0 radical (unpaired) electrons. The van der Waals surface area contributed by atoms with Gasteiger partial charge in [-0.15, -0.1) is 0 Å². The van der Waals surface area contributed by atoms with Crippen LogP contribution in [0.1, 0.15) is 24.0 Å². The zero-order valence-corrected chi connectivity index (χ0v) is 12.6. The van der Waals surface area contributed by atoms with Gasteiger partial charge in [0.05, 0.1) is 9.73 Å². The molecule has 0 heterocycles. The van der Waals surface area contributed by atoms with E-state index in [-0.39, 0.29) is 0 Å². The van der Waals surface area contributed by atoms with E-state index in [1.54, 1.807) is 0 Å². The zero-order valence-electron chi connectivity index (χ0n) is 11.8. The first-order valence-electron chi connectivity index (χ1n) is 6.31. The predicted octanol–water partition coefficient (Wildman–Crippen LogP) is 3.05. The van der Waals surface area contributed by atoms with Crippen molar-refractivity contribution in [3.8, 4) is 0 Å². The van der Waals surface area contributed by atoms with Crippen molar-refractivity contribution < 1.29 is 4.21 Å². The number of nitrogens with one attached hydrogen (secondary N) is 1. The molecule has 0 fully saturated rings. The third-order valence-corrected chi connectivity index (χ3v) is 5.03. The highest BCUT2D eigenvalue weighted by Gasteiger charge is 2.10. The summed E-state index contributed by atoms with van der Waals surface area (Å²) in [5, 5.41) is 0. The van der Waals surface area contributed by atoms with E-state index in [9.17, 15) is 4.21 Å². The molecule has 0 amide bonds. The van der Waals surface area contributed by atoms with Gasteiger partial charge in [0, 0.05) is 10.6 Å². The normalized spacial score (nSPS) is 14.7. The molecule has 102 valence electrons. The molecule has 0 aliphatic rings. The second-order valence-electron chi connectivity index (χ2n) is 5.14. The fraction of sp³-hybridized carbons (Fsp3) is 0.571. The standard InChI is InChI=1S/C14H24N2OS/c1-12-7-8-14(11-13(12)2)18(15,17)10-6-5-9-16(3)4/h7-8,11,15H,5-6,9-10H2,1-4H3. The highest BCUT2D eigenvalue weighted by atomic mass is 32.2. The van der Waals surface area contributed by atoms with Crippen molar-refractivity contribution in [1.82, 2.24) is 4.90 Å². The maximum absolute atomic E-state index is 12.3. The van der Waals surface area contributed by atoms with Crippen LogP contribution < -0.4 is 0 Å². The van der Waals surface area contributed by atoms with Crippen LogP contribution >= 0.6 is 0 Å². The third kappa shape index (κ3) is 4.42. The lowest BCUT2D eigenvalue weighted by molar-refractivity contribution is 0.398. The minimum Gasteiger partial charge on any atom is -0.309 e. The van der Waals surface area contributed by atoms with Crippen LogP contribution in [-0.4, -0.2) is 35.5 Å². The van der Waals surface area contributed by atoms with E-state index < -0.39 is 9.73 Å². The molecular weight excluding hydrogens is 244 g/mol. The molecule has 0 spiro atoms. The Hall–Kier alpha value is -0.870. The van der Waals surface area contributed by atoms with Gasteiger partial charge in [0.25, 0.3) is 0 Å². The molecule has 4 heteroatoms. The highest BCUT2D eigenvalue weighted by molar-refractivity contribution is 7.92. The number of rotatable bonds is 6. The monoisotopic (exact) mass is 268 g/mol. The molecule has 1 atom stereocenters. The maximum Gasteiger partial charge on any atom is 0.0726 e. The summed E-state index contributed by atoms with van der Waals surface area (Å²) in [6.45, 7) is 5.02. The lowest BCUT2D eigenvalue weighted by Crippen LogP contribution is -2.14. The van der Waals surface area contributed by atoms with Gasteiger partial charge in [0.15, 0.2) is 0 Å². The van der Waals surface area contributed by atoms with E-state index in [2.05, 4.69) is 4.90 Å². The fourth-order valence-electron chi connectivity index (χ4n) is 1.77. The Morgan fingerprint density at radius 1 is 1.17 bits per heavy atom. The molecule has 0 aliphatic carbocycles. The quantitative estimate of drug-likeness (QED) is 0.806. The van der Waals surface area contributed by atoms with E-state index >= 15 is 0 Å². The van der Waals surface area contributed by atoms with Crippen LogP contribution in [0, 0.1) is 18.6 Å². The van der Waals surface area contributed by atoms with Crippen molar-refractivity contribution >= 4 is 9.73 Å². The molecule has 1 aromatic rings. The maximum atomic E-state index is 12.3. The van der Waals surface area contributed by atoms with E-state index in [0.29, 0.717) is 10.6 Å². The molecular formula is C14H24N2OS. The van der Waals surface area contributed by atoms with Crippen molar-refractivity contribution in [2.75, 3.05) is 26.4 Å². The summed E-state index contributed by atoms with van der Waals surface area (Å²) < 4.78 is 20.4. The van der Waals surface area contributed by atoms with Crippen LogP contribution in [0.5, 0.6) is 0 Å². The van der Waals surface area contributed by atoms with Crippen molar-refractivity contribution in [3.05, 3.63) is 29.3 Å². The van der Waals surface area contributed by atoms with Crippen molar-refractivity contribution in [3.63, 3.8) is 0 Å². The van der Waals surface area contributed by atoms with Gasteiger partial charge in [-0.2, -0.15) is 0 Å². The molecule has 0 aliphatic heterocycles. The SMILES string of the molecule is Cc1ccc(S(=N)(=O)CCCCN(C)C)cc1C. The van der Waals surface area contributed by atoms with Gasteiger partial charge >= 0.3 is 0 Å². The molecule has 0 saturated heterocycles. The number of benzene rings is 1. The zero-order chi connectivity index (χ0) is 13.8. The Bertz CT molecular complexity index is 493. The van der Waals surface area contributed by atoms with Gasteiger partial charge in [0.2, 0.25) is 0 Å². The van der Waals surface area contributed by atoms with Crippen molar-refractivity contribution in [2.45, 2.75) is 31.6 Å². The van der Waals surface area contributed by atoms with Gasteiger partial charge in [-0.25, -0.2) is 8.99 Å². The van der Waals surface area contributed by atoms with Crippen LogP contribution in [0.3, 0.4) is 0 Å². The summed E-state index contributed by atoms with van der Waals surface area (Å²) in [7, 11) is 1.44. The Labute approximate surface area is 111 Å². The minimum absolute atomic E-state index is 0.462. The Balaban J connectivity index is 2.66. The fourth-order valence-corrected chi connectivity index (χ4v) is 3.27. The average Bonchev–Trinajstić information content (AvgIpc) is 2.28. The van der Waals surface area contributed by atoms with E-state index in [1.807, 2.05) is 46.1 Å². The number of aryl methyl sites for hydroxylation is 2. The average molecular weight is 268 g/mol.